The monoisotopic (exact) mass is 329 g/mol. The molecule has 0 bridgehead atoms. The van der Waals surface area contributed by atoms with Crippen LogP contribution in [0.2, 0.25) is 0 Å². The molecule has 122 valence electrons. The minimum atomic E-state index is -0.257. The molecule has 0 aliphatic carbocycles. The van der Waals surface area contributed by atoms with Gasteiger partial charge in [0.05, 0.1) is 12.2 Å². The van der Waals surface area contributed by atoms with Crippen LogP contribution < -0.4 is 0 Å². The first-order valence-corrected chi connectivity index (χ1v) is 8.10. The fraction of sp³-hybridized carbons (Fsp3) is 0.0476. The second kappa shape index (κ2) is 6.69. The third kappa shape index (κ3) is 3.19. The summed E-state index contributed by atoms with van der Waals surface area (Å²) in [6, 6.07) is 26.5. The van der Waals surface area contributed by atoms with Crippen molar-refractivity contribution in [3.63, 3.8) is 0 Å². The molecule has 4 rings (SSSR count). The molecule has 4 aromatic rings. The Labute approximate surface area is 145 Å². The highest BCUT2D eigenvalue weighted by Gasteiger charge is 2.16. The van der Waals surface area contributed by atoms with Crippen LogP contribution in [0.3, 0.4) is 0 Å². The van der Waals surface area contributed by atoms with Gasteiger partial charge in [-0.2, -0.15) is 0 Å². The van der Waals surface area contributed by atoms with Crippen LogP contribution in [-0.4, -0.2) is 15.0 Å². The van der Waals surface area contributed by atoms with Crippen LogP contribution in [0.4, 0.5) is 4.39 Å². The first-order chi connectivity index (χ1) is 12.3. The van der Waals surface area contributed by atoms with Crippen LogP contribution >= 0.6 is 0 Å². The van der Waals surface area contributed by atoms with Crippen LogP contribution in [0.5, 0.6) is 0 Å². The molecule has 0 aliphatic heterocycles. The van der Waals surface area contributed by atoms with E-state index in [1.807, 2.05) is 53.2 Å². The quantitative estimate of drug-likeness (QED) is 0.538. The molecule has 0 amide bonds. The van der Waals surface area contributed by atoms with E-state index < -0.39 is 0 Å². The van der Waals surface area contributed by atoms with Gasteiger partial charge in [0.25, 0.3) is 0 Å². The summed E-state index contributed by atoms with van der Waals surface area (Å²) >= 11 is 0. The summed E-state index contributed by atoms with van der Waals surface area (Å²) in [6.07, 6.45) is 0. The van der Waals surface area contributed by atoms with E-state index in [1.165, 1.54) is 12.1 Å². The van der Waals surface area contributed by atoms with Crippen LogP contribution in [0.15, 0.2) is 84.9 Å². The Bertz CT molecular complexity index is 961. The molecule has 0 radical (unpaired) electrons. The third-order valence-electron chi connectivity index (χ3n) is 4.08. The Morgan fingerprint density at radius 2 is 1.36 bits per heavy atom. The van der Waals surface area contributed by atoms with E-state index in [0.29, 0.717) is 6.54 Å². The summed E-state index contributed by atoms with van der Waals surface area (Å²) < 4.78 is 15.2. The molecule has 3 nitrogen and oxygen atoms in total. The molecule has 0 unspecified atom stereocenters. The first-order valence-electron chi connectivity index (χ1n) is 8.10. The van der Waals surface area contributed by atoms with Gasteiger partial charge in [0, 0.05) is 11.1 Å². The fourth-order valence-electron chi connectivity index (χ4n) is 2.86. The Hall–Kier alpha value is -3.27. The van der Waals surface area contributed by atoms with E-state index in [-0.39, 0.29) is 5.82 Å². The molecule has 1 aromatic heterocycles. The number of nitrogens with zero attached hydrogens (tertiary/aromatic N) is 3. The van der Waals surface area contributed by atoms with Gasteiger partial charge in [-0.15, -0.1) is 5.10 Å². The summed E-state index contributed by atoms with van der Waals surface area (Å²) in [5.41, 5.74) is 4.69. The van der Waals surface area contributed by atoms with E-state index in [2.05, 4.69) is 22.4 Å². The summed E-state index contributed by atoms with van der Waals surface area (Å²) in [7, 11) is 0. The predicted molar refractivity (Wildman–Crippen MR) is 96.4 cm³/mol. The zero-order valence-electron chi connectivity index (χ0n) is 13.5. The third-order valence-corrected chi connectivity index (χ3v) is 4.08. The van der Waals surface area contributed by atoms with Crippen molar-refractivity contribution in [3.8, 4) is 22.5 Å². The number of halogens is 1. The Balaban J connectivity index is 1.84. The van der Waals surface area contributed by atoms with Crippen molar-refractivity contribution in [2.75, 3.05) is 0 Å². The van der Waals surface area contributed by atoms with Crippen LogP contribution in [0.1, 0.15) is 5.56 Å². The molecule has 25 heavy (non-hydrogen) atoms. The lowest BCUT2D eigenvalue weighted by Gasteiger charge is -2.09. The fourth-order valence-corrected chi connectivity index (χ4v) is 2.86. The number of hydrogen-bond donors (Lipinski definition) is 0. The van der Waals surface area contributed by atoms with Gasteiger partial charge in [0.1, 0.15) is 11.5 Å². The summed E-state index contributed by atoms with van der Waals surface area (Å²) in [5, 5.41) is 8.76. The highest BCUT2D eigenvalue weighted by molar-refractivity contribution is 5.77. The topological polar surface area (TPSA) is 30.7 Å². The summed E-state index contributed by atoms with van der Waals surface area (Å²) in [5.74, 6) is -0.257. The number of aromatic nitrogens is 3. The summed E-state index contributed by atoms with van der Waals surface area (Å²) in [6.45, 7) is 0.605. The number of benzene rings is 3. The largest absolute Gasteiger partial charge is 0.240 e. The van der Waals surface area contributed by atoms with Gasteiger partial charge >= 0.3 is 0 Å². The van der Waals surface area contributed by atoms with E-state index in [4.69, 9.17) is 0 Å². The maximum Gasteiger partial charge on any atom is 0.123 e. The van der Waals surface area contributed by atoms with Gasteiger partial charge in [0.2, 0.25) is 0 Å². The lowest BCUT2D eigenvalue weighted by Crippen LogP contribution is -2.04. The van der Waals surface area contributed by atoms with Crippen molar-refractivity contribution >= 4 is 0 Å². The standard InChI is InChI=1S/C21H16FN3/c22-19-13-11-18(12-14-19)21-20(17-9-5-2-6-10-17)23-24-25(21)15-16-7-3-1-4-8-16/h1-14H,15H2. The Morgan fingerprint density at radius 1 is 0.720 bits per heavy atom. The van der Waals surface area contributed by atoms with Crippen molar-refractivity contribution in [2.45, 2.75) is 6.54 Å². The number of rotatable bonds is 4. The second-order valence-corrected chi connectivity index (χ2v) is 5.80. The molecule has 0 fully saturated rings. The second-order valence-electron chi connectivity index (χ2n) is 5.80. The molecular weight excluding hydrogens is 313 g/mol. The van der Waals surface area contributed by atoms with Crippen LogP contribution in [-0.2, 0) is 6.54 Å². The van der Waals surface area contributed by atoms with Crippen molar-refractivity contribution < 1.29 is 4.39 Å². The lowest BCUT2D eigenvalue weighted by atomic mass is 10.0. The maximum absolute atomic E-state index is 13.4. The molecule has 3 aromatic carbocycles. The van der Waals surface area contributed by atoms with E-state index in [0.717, 1.165) is 28.1 Å². The SMILES string of the molecule is Fc1ccc(-c2c(-c3ccccc3)nnn2Cc2ccccc2)cc1. The van der Waals surface area contributed by atoms with Gasteiger partial charge in [-0.25, -0.2) is 9.07 Å². The van der Waals surface area contributed by atoms with Gasteiger partial charge in [-0.05, 0) is 29.8 Å². The van der Waals surface area contributed by atoms with Crippen molar-refractivity contribution in [1.29, 1.82) is 0 Å². The van der Waals surface area contributed by atoms with E-state index in [9.17, 15) is 4.39 Å². The highest BCUT2D eigenvalue weighted by Crippen LogP contribution is 2.30. The normalized spacial score (nSPS) is 10.8. The highest BCUT2D eigenvalue weighted by atomic mass is 19.1. The molecule has 0 saturated heterocycles. The smallest absolute Gasteiger partial charge is 0.123 e. The summed E-state index contributed by atoms with van der Waals surface area (Å²) in [4.78, 5) is 0. The van der Waals surface area contributed by atoms with Gasteiger partial charge in [-0.3, -0.25) is 0 Å². The van der Waals surface area contributed by atoms with Crippen LogP contribution in [0, 0.1) is 5.82 Å². The molecule has 0 atom stereocenters. The molecule has 0 N–H and O–H groups in total. The minimum Gasteiger partial charge on any atom is -0.240 e. The van der Waals surface area contributed by atoms with Gasteiger partial charge in [0.15, 0.2) is 0 Å². The molecule has 0 aliphatic rings. The lowest BCUT2D eigenvalue weighted by molar-refractivity contribution is 0.627. The molecule has 4 heteroatoms. The van der Waals surface area contributed by atoms with Crippen molar-refractivity contribution in [1.82, 2.24) is 15.0 Å². The van der Waals surface area contributed by atoms with Gasteiger partial charge in [-0.1, -0.05) is 65.9 Å². The zero-order valence-corrected chi connectivity index (χ0v) is 13.5. The predicted octanol–water partition coefficient (Wildman–Crippen LogP) is 4.80. The zero-order chi connectivity index (χ0) is 17.1. The Morgan fingerprint density at radius 3 is 2.04 bits per heavy atom. The maximum atomic E-state index is 13.4. The minimum absolute atomic E-state index is 0.257. The molecule has 0 spiro atoms. The first kappa shape index (κ1) is 15.3. The van der Waals surface area contributed by atoms with Crippen molar-refractivity contribution in [3.05, 3.63) is 96.3 Å². The van der Waals surface area contributed by atoms with E-state index >= 15 is 0 Å². The molecular formula is C21H16FN3. The van der Waals surface area contributed by atoms with Gasteiger partial charge < -0.3 is 0 Å². The average molecular weight is 329 g/mol. The van der Waals surface area contributed by atoms with Crippen LogP contribution in [0.25, 0.3) is 22.5 Å². The van der Waals surface area contributed by atoms with Crippen molar-refractivity contribution in [2.24, 2.45) is 0 Å². The Kier molecular flexibility index (Phi) is 4.09. The molecule has 1 heterocycles. The number of hydrogen-bond acceptors (Lipinski definition) is 2. The molecule has 0 saturated carbocycles. The average Bonchev–Trinajstić information content (AvgIpc) is 3.07. The van der Waals surface area contributed by atoms with E-state index in [1.54, 1.807) is 12.1 Å².